The number of rotatable bonds is 8. The van der Waals surface area contributed by atoms with Gasteiger partial charge in [0.15, 0.2) is 0 Å². The van der Waals surface area contributed by atoms with Crippen LogP contribution in [0.4, 0.5) is 5.69 Å². The Morgan fingerprint density at radius 3 is 2.39 bits per heavy atom. The number of esters is 2. The van der Waals surface area contributed by atoms with Crippen molar-refractivity contribution in [2.75, 3.05) is 25.7 Å². The Morgan fingerprint density at radius 2 is 1.76 bits per heavy atom. The number of methoxy groups -OCH3 is 2. The fourth-order valence-electron chi connectivity index (χ4n) is 4.24. The molecule has 2 N–H and O–H groups in total. The van der Waals surface area contributed by atoms with Crippen molar-refractivity contribution in [3.63, 3.8) is 0 Å². The Labute approximate surface area is 224 Å². The number of nitrogens with two attached hydrogens (primary N) is 1. The van der Waals surface area contributed by atoms with Crippen LogP contribution >= 0.6 is 11.6 Å². The number of benzene rings is 2. The van der Waals surface area contributed by atoms with E-state index in [0.717, 1.165) is 0 Å². The van der Waals surface area contributed by atoms with Crippen LogP contribution in [0.3, 0.4) is 0 Å². The van der Waals surface area contributed by atoms with Gasteiger partial charge in [-0.3, -0.25) is 9.58 Å². The van der Waals surface area contributed by atoms with Gasteiger partial charge in [0.1, 0.15) is 23.9 Å². The molecule has 1 aliphatic rings. The minimum Gasteiger partial charge on any atom is -0.489 e. The molecule has 1 aromatic heterocycles. The van der Waals surface area contributed by atoms with Gasteiger partial charge in [0.25, 0.3) is 0 Å². The number of carbonyl (C=O) groups is 2. The summed E-state index contributed by atoms with van der Waals surface area (Å²) in [4.78, 5) is 27.8. The van der Waals surface area contributed by atoms with Crippen molar-refractivity contribution >= 4 is 29.2 Å². The van der Waals surface area contributed by atoms with Gasteiger partial charge in [0.05, 0.1) is 60.8 Å². The van der Waals surface area contributed by atoms with Crippen molar-refractivity contribution in [2.45, 2.75) is 12.5 Å². The van der Waals surface area contributed by atoms with Gasteiger partial charge >= 0.3 is 11.9 Å². The summed E-state index contributed by atoms with van der Waals surface area (Å²) in [6, 6.07) is 17.7. The maximum absolute atomic E-state index is 13.3. The van der Waals surface area contributed by atoms with Crippen molar-refractivity contribution in [1.82, 2.24) is 9.78 Å². The second kappa shape index (κ2) is 11.5. The molecule has 1 aliphatic heterocycles. The molecule has 0 saturated heterocycles. The van der Waals surface area contributed by atoms with Crippen LogP contribution in [0, 0.1) is 11.3 Å². The van der Waals surface area contributed by atoms with E-state index in [-0.39, 0.29) is 29.3 Å². The van der Waals surface area contributed by atoms with Crippen molar-refractivity contribution in [3.8, 4) is 11.8 Å². The third-order valence-corrected chi connectivity index (χ3v) is 6.09. The lowest BCUT2D eigenvalue weighted by atomic mass is 9.81. The van der Waals surface area contributed by atoms with Crippen LogP contribution < -0.4 is 15.4 Å². The fraction of sp³-hybridized carbons (Fsp3) is 0.185. The highest BCUT2D eigenvalue weighted by atomic mass is 35.5. The molecular formula is C27H24ClN5O5. The van der Waals surface area contributed by atoms with E-state index < -0.39 is 17.9 Å². The zero-order chi connectivity index (χ0) is 27.2. The van der Waals surface area contributed by atoms with Crippen molar-refractivity contribution < 1.29 is 23.8 Å². The summed E-state index contributed by atoms with van der Waals surface area (Å²) in [6.07, 6.45) is 3.18. The van der Waals surface area contributed by atoms with E-state index in [9.17, 15) is 14.9 Å². The molecule has 2 heterocycles. The number of para-hydroxylation sites is 2. The maximum atomic E-state index is 13.3. The predicted octanol–water partition coefficient (Wildman–Crippen LogP) is 3.51. The Hall–Kier alpha value is -4.75. The van der Waals surface area contributed by atoms with E-state index >= 15 is 0 Å². The summed E-state index contributed by atoms with van der Waals surface area (Å²) in [5.41, 5.74) is 7.27. The Bertz CT molecular complexity index is 1460. The molecule has 0 amide bonds. The van der Waals surface area contributed by atoms with Gasteiger partial charge in [-0.25, -0.2) is 9.59 Å². The third kappa shape index (κ3) is 5.05. The van der Waals surface area contributed by atoms with Crippen LogP contribution in [0.1, 0.15) is 11.5 Å². The van der Waals surface area contributed by atoms with E-state index in [1.807, 2.05) is 0 Å². The molecule has 0 aliphatic carbocycles. The van der Waals surface area contributed by atoms with Crippen molar-refractivity contribution in [2.24, 2.45) is 5.73 Å². The number of hydrogen-bond donors (Lipinski definition) is 1. The molecule has 0 spiro atoms. The first-order valence-electron chi connectivity index (χ1n) is 11.5. The summed E-state index contributed by atoms with van der Waals surface area (Å²) in [5, 5.41) is 14.8. The summed E-state index contributed by atoms with van der Waals surface area (Å²) in [5.74, 6) is -2.32. The molecule has 3 aromatic rings. The minimum absolute atomic E-state index is 0.0516. The highest BCUT2D eigenvalue weighted by Gasteiger charge is 2.43. The third-order valence-electron chi connectivity index (χ3n) is 5.90. The smallest absolute Gasteiger partial charge is 0.355 e. The molecule has 2 aromatic carbocycles. The first-order chi connectivity index (χ1) is 18.4. The van der Waals surface area contributed by atoms with Gasteiger partial charge in [-0.1, -0.05) is 54.1 Å². The molecule has 1 atom stereocenters. The summed E-state index contributed by atoms with van der Waals surface area (Å²) >= 11 is 5.93. The molecule has 0 saturated carbocycles. The van der Waals surface area contributed by atoms with Crippen LogP contribution in [0.2, 0.25) is 5.02 Å². The van der Waals surface area contributed by atoms with Crippen LogP contribution in [-0.2, 0) is 25.6 Å². The van der Waals surface area contributed by atoms with Crippen LogP contribution in [0.15, 0.2) is 89.7 Å². The molecule has 0 bridgehead atoms. The topological polar surface area (TPSA) is 133 Å². The molecule has 1 unspecified atom stereocenters. The summed E-state index contributed by atoms with van der Waals surface area (Å²) in [6.45, 7) is 0.588. The second-order valence-electron chi connectivity index (χ2n) is 8.07. The molecule has 0 fully saturated rings. The highest BCUT2D eigenvalue weighted by Crippen LogP contribution is 2.45. The Morgan fingerprint density at radius 1 is 1.08 bits per heavy atom. The number of ether oxygens (including phenoxy) is 3. The normalized spacial score (nSPS) is 15.2. The summed E-state index contributed by atoms with van der Waals surface area (Å²) < 4.78 is 17.8. The second-order valence-corrected chi connectivity index (χ2v) is 8.51. The number of nitrogens with zero attached hydrogens (tertiary/aromatic N) is 4. The Balaban J connectivity index is 1.87. The van der Waals surface area contributed by atoms with Crippen molar-refractivity contribution in [1.29, 1.82) is 5.26 Å². The average molecular weight is 534 g/mol. The number of allylic oxidation sites excluding steroid dienone is 1. The lowest BCUT2D eigenvalue weighted by molar-refractivity contribution is -0.139. The van der Waals surface area contributed by atoms with Crippen LogP contribution in [-0.4, -0.2) is 42.5 Å². The van der Waals surface area contributed by atoms with Crippen molar-refractivity contribution in [3.05, 3.63) is 100 Å². The number of aromatic nitrogens is 2. The van der Waals surface area contributed by atoms with E-state index in [2.05, 4.69) is 11.2 Å². The standard InChI is InChI=1S/C27H24ClN5O5/c1-36-26(34)23-22(17-8-4-3-5-9-17)19(14-29)25(30)33(24(23)27(35)37-2)20-10-6-7-11-21(20)38-13-12-32-16-18(28)15-31-32/h3-11,15-16,22H,12-13,30H2,1-2H3. The van der Waals surface area contributed by atoms with Gasteiger partial charge in [0, 0.05) is 6.20 Å². The number of nitriles is 1. The van der Waals surface area contributed by atoms with Gasteiger partial charge < -0.3 is 19.9 Å². The molecular weight excluding hydrogens is 510 g/mol. The van der Waals surface area contributed by atoms with E-state index in [1.165, 1.54) is 25.3 Å². The first kappa shape index (κ1) is 26.3. The molecule has 38 heavy (non-hydrogen) atoms. The number of carbonyl (C=O) groups excluding carboxylic acids is 2. The maximum Gasteiger partial charge on any atom is 0.355 e. The summed E-state index contributed by atoms with van der Waals surface area (Å²) in [7, 11) is 2.39. The monoisotopic (exact) mass is 533 g/mol. The van der Waals surface area contributed by atoms with Crippen LogP contribution in [0.25, 0.3) is 0 Å². The minimum atomic E-state index is -0.961. The molecule has 10 nitrogen and oxygen atoms in total. The van der Waals surface area contributed by atoms with Gasteiger partial charge in [-0.2, -0.15) is 10.4 Å². The Kier molecular flexibility index (Phi) is 7.99. The number of halogens is 1. The molecule has 0 radical (unpaired) electrons. The average Bonchev–Trinajstić information content (AvgIpc) is 3.37. The fourth-order valence-corrected chi connectivity index (χ4v) is 4.39. The van der Waals surface area contributed by atoms with Gasteiger partial charge in [-0.05, 0) is 17.7 Å². The SMILES string of the molecule is COC(=O)C1=C(C(=O)OC)N(c2ccccc2OCCn2cc(Cl)cn2)C(N)=C(C#N)C1c1ccccc1. The zero-order valence-electron chi connectivity index (χ0n) is 20.6. The van der Waals surface area contributed by atoms with E-state index in [0.29, 0.717) is 28.6 Å². The number of hydrogen-bond acceptors (Lipinski definition) is 9. The largest absolute Gasteiger partial charge is 0.489 e. The predicted molar refractivity (Wildman–Crippen MR) is 139 cm³/mol. The zero-order valence-corrected chi connectivity index (χ0v) is 21.4. The van der Waals surface area contributed by atoms with E-state index in [4.69, 9.17) is 31.5 Å². The molecule has 11 heteroatoms. The first-order valence-corrected chi connectivity index (χ1v) is 11.8. The molecule has 194 valence electrons. The lowest BCUT2D eigenvalue weighted by Gasteiger charge is -2.36. The highest BCUT2D eigenvalue weighted by molar-refractivity contribution is 6.30. The van der Waals surface area contributed by atoms with Gasteiger partial charge in [-0.15, -0.1) is 0 Å². The van der Waals surface area contributed by atoms with Crippen LogP contribution in [0.5, 0.6) is 5.75 Å². The number of anilines is 1. The lowest BCUT2D eigenvalue weighted by Crippen LogP contribution is -2.41. The molecule has 4 rings (SSSR count). The quantitative estimate of drug-likeness (QED) is 0.432. The van der Waals surface area contributed by atoms with E-state index in [1.54, 1.807) is 65.5 Å². The van der Waals surface area contributed by atoms with Gasteiger partial charge in [0.2, 0.25) is 0 Å².